The number of thioether (sulfide) groups is 1. The Morgan fingerprint density at radius 3 is 2.64 bits per heavy atom. The van der Waals surface area contributed by atoms with Gasteiger partial charge in [0.05, 0.1) is 0 Å². The summed E-state index contributed by atoms with van der Waals surface area (Å²) in [5, 5.41) is 0. The second kappa shape index (κ2) is 5.41. The van der Waals surface area contributed by atoms with E-state index in [1.54, 1.807) is 6.07 Å². The number of rotatable bonds is 4. The molecule has 0 atom stereocenters. The predicted octanol–water partition coefficient (Wildman–Crippen LogP) is 3.54. The van der Waals surface area contributed by atoms with Gasteiger partial charge in [0, 0.05) is 16.4 Å². The molecule has 4 heteroatoms. The summed E-state index contributed by atoms with van der Waals surface area (Å²) in [6, 6.07) is 3.86. The summed E-state index contributed by atoms with van der Waals surface area (Å²) in [7, 11) is 0. The van der Waals surface area contributed by atoms with Gasteiger partial charge in [0.25, 0.3) is 0 Å². The highest BCUT2D eigenvalue weighted by Gasteiger charge is 2.02. The summed E-state index contributed by atoms with van der Waals surface area (Å²) in [6.07, 6.45) is 0. The van der Waals surface area contributed by atoms with Gasteiger partial charge in [-0.3, -0.25) is 0 Å². The molecule has 0 heterocycles. The molecule has 0 aliphatic rings. The number of thiol groups is 1. The Morgan fingerprint density at radius 1 is 1.36 bits per heavy atom. The molecule has 0 aromatic heterocycles. The quantitative estimate of drug-likeness (QED) is 0.470. The van der Waals surface area contributed by atoms with E-state index in [4.69, 9.17) is 0 Å². The molecule has 0 unspecified atom stereocenters. The minimum Gasteiger partial charge on any atom is -0.204 e. The predicted molar refractivity (Wildman–Crippen MR) is 60.1 cm³/mol. The highest BCUT2D eigenvalue weighted by atomic mass is 32.2. The zero-order chi connectivity index (χ0) is 10.6. The first kappa shape index (κ1) is 11.6. The van der Waals surface area contributed by atoms with E-state index in [2.05, 4.69) is 19.2 Å². The number of hydrogen-bond donors (Lipinski definition) is 1. The van der Waals surface area contributed by atoms with Crippen molar-refractivity contribution in [3.63, 3.8) is 0 Å². The SMILES string of the molecule is C=C(CS)CSc1ccc(F)c(F)c1. The van der Waals surface area contributed by atoms with Crippen molar-refractivity contribution in [3.05, 3.63) is 42.0 Å². The van der Waals surface area contributed by atoms with Crippen LogP contribution in [0.5, 0.6) is 0 Å². The summed E-state index contributed by atoms with van der Waals surface area (Å²) >= 11 is 5.47. The first-order valence-electron chi connectivity index (χ1n) is 3.99. The molecule has 0 nitrogen and oxygen atoms in total. The van der Waals surface area contributed by atoms with Gasteiger partial charge in [-0.15, -0.1) is 11.8 Å². The molecule has 0 spiro atoms. The van der Waals surface area contributed by atoms with E-state index in [1.165, 1.54) is 17.8 Å². The third-order valence-corrected chi connectivity index (χ3v) is 3.14. The van der Waals surface area contributed by atoms with Crippen molar-refractivity contribution in [2.24, 2.45) is 0 Å². The van der Waals surface area contributed by atoms with E-state index in [9.17, 15) is 8.78 Å². The van der Waals surface area contributed by atoms with E-state index in [0.29, 0.717) is 16.4 Å². The lowest BCUT2D eigenvalue weighted by molar-refractivity contribution is 0.506. The summed E-state index contributed by atoms with van der Waals surface area (Å²) in [4.78, 5) is 0.701. The molecule has 0 aliphatic heterocycles. The Balaban J connectivity index is 2.60. The van der Waals surface area contributed by atoms with Gasteiger partial charge in [0.2, 0.25) is 0 Å². The Bertz CT molecular complexity index is 337. The van der Waals surface area contributed by atoms with Crippen LogP contribution in [0.15, 0.2) is 35.2 Å². The van der Waals surface area contributed by atoms with Crippen molar-refractivity contribution in [3.8, 4) is 0 Å². The molecule has 0 N–H and O–H groups in total. The molecule has 1 aromatic carbocycles. The molecular formula is C10H10F2S2. The van der Waals surface area contributed by atoms with Crippen molar-refractivity contribution in [2.45, 2.75) is 4.90 Å². The largest absolute Gasteiger partial charge is 0.204 e. The summed E-state index contributed by atoms with van der Waals surface area (Å²) in [6.45, 7) is 3.76. The van der Waals surface area contributed by atoms with Crippen LogP contribution in [0.2, 0.25) is 0 Å². The molecular weight excluding hydrogens is 222 g/mol. The van der Waals surface area contributed by atoms with Crippen LogP contribution in [-0.4, -0.2) is 11.5 Å². The van der Waals surface area contributed by atoms with E-state index in [0.717, 1.165) is 11.6 Å². The number of benzene rings is 1. The van der Waals surface area contributed by atoms with Crippen LogP contribution in [0.1, 0.15) is 0 Å². The summed E-state index contributed by atoms with van der Waals surface area (Å²) < 4.78 is 25.3. The maximum atomic E-state index is 12.8. The van der Waals surface area contributed by atoms with Crippen molar-refractivity contribution >= 4 is 24.4 Å². The molecule has 0 radical (unpaired) electrons. The smallest absolute Gasteiger partial charge is 0.159 e. The lowest BCUT2D eigenvalue weighted by Gasteiger charge is -2.02. The van der Waals surface area contributed by atoms with Gasteiger partial charge >= 0.3 is 0 Å². The normalized spacial score (nSPS) is 10.2. The van der Waals surface area contributed by atoms with Crippen LogP contribution < -0.4 is 0 Å². The number of halogens is 2. The van der Waals surface area contributed by atoms with Crippen molar-refractivity contribution in [1.82, 2.24) is 0 Å². The van der Waals surface area contributed by atoms with E-state index >= 15 is 0 Å². The maximum Gasteiger partial charge on any atom is 0.159 e. The lowest BCUT2D eigenvalue weighted by atomic mass is 10.3. The number of hydrogen-bond acceptors (Lipinski definition) is 2. The molecule has 1 rings (SSSR count). The topological polar surface area (TPSA) is 0 Å². The van der Waals surface area contributed by atoms with Crippen molar-refractivity contribution in [1.29, 1.82) is 0 Å². The minimum absolute atomic E-state index is 0.608. The summed E-state index contributed by atoms with van der Waals surface area (Å²) in [5.74, 6) is -0.348. The average Bonchev–Trinajstić information content (AvgIpc) is 2.19. The van der Waals surface area contributed by atoms with Crippen molar-refractivity contribution in [2.75, 3.05) is 11.5 Å². The Hall–Kier alpha value is -0.480. The first-order valence-corrected chi connectivity index (χ1v) is 5.60. The molecule has 76 valence electrons. The molecule has 0 saturated heterocycles. The van der Waals surface area contributed by atoms with Gasteiger partial charge < -0.3 is 0 Å². The third-order valence-electron chi connectivity index (χ3n) is 1.56. The molecule has 0 aliphatic carbocycles. The highest BCUT2D eigenvalue weighted by molar-refractivity contribution is 7.99. The van der Waals surface area contributed by atoms with Gasteiger partial charge in [0.1, 0.15) is 0 Å². The fourth-order valence-electron chi connectivity index (χ4n) is 0.798. The van der Waals surface area contributed by atoms with Crippen LogP contribution >= 0.6 is 24.4 Å². The van der Waals surface area contributed by atoms with E-state index in [1.807, 2.05) is 0 Å². The van der Waals surface area contributed by atoms with Crippen LogP contribution in [-0.2, 0) is 0 Å². The Morgan fingerprint density at radius 2 is 2.07 bits per heavy atom. The first-order chi connectivity index (χ1) is 6.63. The van der Waals surface area contributed by atoms with Crippen LogP contribution in [0.3, 0.4) is 0 Å². The standard InChI is InChI=1S/C10H10F2S2/c1-7(5-13)6-14-8-2-3-9(11)10(12)4-8/h2-4,13H,1,5-6H2. The highest BCUT2D eigenvalue weighted by Crippen LogP contribution is 2.22. The summed E-state index contributed by atoms with van der Waals surface area (Å²) in [5.41, 5.74) is 0.961. The molecule has 0 bridgehead atoms. The zero-order valence-corrected chi connectivity index (χ0v) is 9.18. The monoisotopic (exact) mass is 232 g/mol. The average molecular weight is 232 g/mol. The maximum absolute atomic E-state index is 12.8. The van der Waals surface area contributed by atoms with Crippen LogP contribution in [0, 0.1) is 11.6 Å². The molecule has 0 saturated carbocycles. The third kappa shape index (κ3) is 3.35. The minimum atomic E-state index is -0.817. The van der Waals surface area contributed by atoms with Gasteiger partial charge in [0.15, 0.2) is 11.6 Å². The van der Waals surface area contributed by atoms with Gasteiger partial charge in [-0.05, 0) is 18.2 Å². The van der Waals surface area contributed by atoms with Crippen LogP contribution in [0.4, 0.5) is 8.78 Å². The molecule has 1 aromatic rings. The lowest BCUT2D eigenvalue weighted by Crippen LogP contribution is -1.88. The van der Waals surface area contributed by atoms with Crippen molar-refractivity contribution < 1.29 is 8.78 Å². The zero-order valence-electron chi connectivity index (χ0n) is 7.46. The van der Waals surface area contributed by atoms with Gasteiger partial charge in [-0.25, -0.2) is 8.78 Å². The Labute approximate surface area is 91.8 Å². The molecule has 0 fully saturated rings. The Kier molecular flexibility index (Phi) is 4.48. The van der Waals surface area contributed by atoms with Crippen LogP contribution in [0.25, 0.3) is 0 Å². The van der Waals surface area contributed by atoms with Gasteiger partial charge in [-0.2, -0.15) is 12.6 Å². The fourth-order valence-corrected chi connectivity index (χ4v) is 1.88. The van der Waals surface area contributed by atoms with E-state index in [-0.39, 0.29) is 0 Å². The molecule has 14 heavy (non-hydrogen) atoms. The second-order valence-corrected chi connectivity index (χ2v) is 4.14. The fraction of sp³-hybridized carbons (Fsp3) is 0.200. The second-order valence-electron chi connectivity index (χ2n) is 2.77. The van der Waals surface area contributed by atoms with E-state index < -0.39 is 11.6 Å². The molecule has 0 amide bonds. The van der Waals surface area contributed by atoms with Gasteiger partial charge in [-0.1, -0.05) is 12.2 Å².